The van der Waals surface area contributed by atoms with E-state index in [1.165, 1.54) is 58.1 Å². The Morgan fingerprint density at radius 3 is 1.68 bits per heavy atom. The Hall–Kier alpha value is -5.90. The highest BCUT2D eigenvalue weighted by atomic mass is 32.1. The van der Waals surface area contributed by atoms with E-state index in [9.17, 15) is 0 Å². The second-order valence-corrected chi connectivity index (χ2v) is 13.2. The zero-order valence-electron chi connectivity index (χ0n) is 25.3. The van der Waals surface area contributed by atoms with Gasteiger partial charge in [0.05, 0.1) is 22.4 Å². The van der Waals surface area contributed by atoms with Gasteiger partial charge in [0, 0.05) is 36.7 Å². The van der Waals surface area contributed by atoms with Gasteiger partial charge in [-0.05, 0) is 62.3 Å². The molecule has 0 saturated heterocycles. The molecule has 0 saturated carbocycles. The van der Waals surface area contributed by atoms with Crippen molar-refractivity contribution in [1.29, 1.82) is 0 Å². The summed E-state index contributed by atoms with van der Waals surface area (Å²) in [5.74, 6) is 0. The quantitative estimate of drug-likeness (QED) is 0.185. The monoisotopic (exact) mass is 614 g/mol. The van der Waals surface area contributed by atoms with Crippen molar-refractivity contribution in [1.82, 2.24) is 9.97 Å². The van der Waals surface area contributed by atoms with E-state index in [-0.39, 0.29) is 0 Å². The Morgan fingerprint density at radius 2 is 0.936 bits per heavy atom. The van der Waals surface area contributed by atoms with Crippen molar-refractivity contribution in [3.63, 3.8) is 0 Å². The molecule has 8 aromatic carbocycles. The number of hydrogen-bond acceptors (Lipinski definition) is 3. The summed E-state index contributed by atoms with van der Waals surface area (Å²) in [5, 5.41) is 10.5. The van der Waals surface area contributed by atoms with E-state index >= 15 is 0 Å². The number of hydrogen-bond donors (Lipinski definition) is 0. The normalized spacial score (nSPS) is 11.8. The fourth-order valence-electron chi connectivity index (χ4n) is 7.24. The summed E-state index contributed by atoms with van der Waals surface area (Å²) >= 11 is 1.90. The molecular formula is C44H26N2S. The van der Waals surface area contributed by atoms with Gasteiger partial charge in [0.15, 0.2) is 0 Å². The van der Waals surface area contributed by atoms with E-state index in [0.29, 0.717) is 0 Å². The number of aromatic nitrogens is 2. The first-order chi connectivity index (χ1) is 23.3. The average molecular weight is 615 g/mol. The molecule has 0 radical (unpaired) electrons. The lowest BCUT2D eigenvalue weighted by Gasteiger charge is -2.13. The van der Waals surface area contributed by atoms with E-state index in [2.05, 4.69) is 146 Å². The maximum Gasteiger partial charge on any atom is 0.0973 e. The molecule has 2 aromatic heterocycles. The molecule has 0 N–H and O–H groups in total. The second kappa shape index (κ2) is 10.3. The van der Waals surface area contributed by atoms with Gasteiger partial charge >= 0.3 is 0 Å². The molecule has 0 amide bonds. The molecule has 2 heterocycles. The average Bonchev–Trinajstić information content (AvgIpc) is 3.54. The molecule has 0 bridgehead atoms. The van der Waals surface area contributed by atoms with Crippen molar-refractivity contribution in [2.75, 3.05) is 0 Å². The number of fused-ring (bicyclic) bond motifs is 11. The van der Waals surface area contributed by atoms with E-state index in [1.54, 1.807) is 0 Å². The lowest BCUT2D eigenvalue weighted by atomic mass is 9.92. The van der Waals surface area contributed by atoms with Gasteiger partial charge in [-0.15, -0.1) is 11.3 Å². The Morgan fingerprint density at radius 1 is 0.362 bits per heavy atom. The van der Waals surface area contributed by atoms with Crippen LogP contribution in [0, 0.1) is 0 Å². The largest absolute Gasteiger partial charge is 0.244 e. The minimum atomic E-state index is 0.887. The number of rotatable bonds is 3. The molecule has 0 aliphatic heterocycles. The minimum absolute atomic E-state index is 0.887. The molecule has 0 aliphatic rings. The first kappa shape index (κ1) is 26.3. The SMILES string of the molecule is c1ccc(-c2nc3ccc(-c4ccc5c(ccc6c7sc8ccccc8c7c7ccccc7c56)c4)cc3nc2-c2ccccc2)cc1. The van der Waals surface area contributed by atoms with E-state index in [4.69, 9.17) is 9.97 Å². The van der Waals surface area contributed by atoms with Gasteiger partial charge in [-0.25, -0.2) is 9.97 Å². The number of thiophene rings is 1. The first-order valence-electron chi connectivity index (χ1n) is 15.9. The van der Waals surface area contributed by atoms with Crippen LogP contribution >= 0.6 is 11.3 Å². The van der Waals surface area contributed by atoms with Gasteiger partial charge in [-0.2, -0.15) is 0 Å². The van der Waals surface area contributed by atoms with Crippen LogP contribution in [-0.4, -0.2) is 9.97 Å². The number of nitrogens with zero attached hydrogens (tertiary/aromatic N) is 2. The summed E-state index contributed by atoms with van der Waals surface area (Å²) in [6.07, 6.45) is 0. The minimum Gasteiger partial charge on any atom is -0.244 e. The van der Waals surface area contributed by atoms with Crippen LogP contribution in [-0.2, 0) is 0 Å². The van der Waals surface area contributed by atoms with Gasteiger partial charge in [-0.3, -0.25) is 0 Å². The summed E-state index contributed by atoms with van der Waals surface area (Å²) in [6, 6.07) is 56.4. The molecule has 0 aliphatic carbocycles. The van der Waals surface area contributed by atoms with Crippen LogP contribution in [0.15, 0.2) is 158 Å². The Labute approximate surface area is 275 Å². The highest BCUT2D eigenvalue weighted by Crippen LogP contribution is 2.46. The lowest BCUT2D eigenvalue weighted by Crippen LogP contribution is -1.95. The molecule has 10 rings (SSSR count). The van der Waals surface area contributed by atoms with E-state index < -0.39 is 0 Å². The highest BCUT2D eigenvalue weighted by Gasteiger charge is 2.17. The van der Waals surface area contributed by atoms with Crippen molar-refractivity contribution in [2.45, 2.75) is 0 Å². The Kier molecular flexibility index (Phi) is 5.78. The topological polar surface area (TPSA) is 25.8 Å². The molecule has 2 nitrogen and oxygen atoms in total. The zero-order valence-corrected chi connectivity index (χ0v) is 26.1. The fourth-order valence-corrected chi connectivity index (χ4v) is 8.49. The van der Waals surface area contributed by atoms with Crippen LogP contribution in [0.25, 0.3) is 97.2 Å². The molecule has 218 valence electrons. The predicted octanol–water partition coefficient (Wildman–Crippen LogP) is 12.5. The molecule has 10 aromatic rings. The predicted molar refractivity (Wildman–Crippen MR) is 201 cm³/mol. The Balaban J connectivity index is 1.17. The van der Waals surface area contributed by atoms with Crippen LogP contribution in [0.3, 0.4) is 0 Å². The first-order valence-corrected chi connectivity index (χ1v) is 16.7. The van der Waals surface area contributed by atoms with Gasteiger partial charge in [-0.1, -0.05) is 133 Å². The van der Waals surface area contributed by atoms with Crippen molar-refractivity contribution in [3.8, 4) is 33.6 Å². The molecule has 0 fully saturated rings. The molecule has 0 unspecified atom stereocenters. The van der Waals surface area contributed by atoms with Crippen molar-refractivity contribution in [2.24, 2.45) is 0 Å². The van der Waals surface area contributed by atoms with Crippen LogP contribution in [0.4, 0.5) is 0 Å². The van der Waals surface area contributed by atoms with E-state index in [0.717, 1.165) is 39.1 Å². The maximum absolute atomic E-state index is 5.23. The lowest BCUT2D eigenvalue weighted by molar-refractivity contribution is 1.29. The number of benzene rings is 8. The Bertz CT molecular complexity index is 2840. The summed E-state index contributed by atoms with van der Waals surface area (Å²) in [7, 11) is 0. The van der Waals surface area contributed by atoms with Crippen LogP contribution in [0.5, 0.6) is 0 Å². The van der Waals surface area contributed by atoms with Gasteiger partial charge < -0.3 is 0 Å². The van der Waals surface area contributed by atoms with Gasteiger partial charge in [0.25, 0.3) is 0 Å². The third-order valence-electron chi connectivity index (χ3n) is 9.42. The third-order valence-corrected chi connectivity index (χ3v) is 10.6. The van der Waals surface area contributed by atoms with Crippen molar-refractivity contribution < 1.29 is 0 Å². The van der Waals surface area contributed by atoms with Gasteiger partial charge in [0.1, 0.15) is 0 Å². The molecule has 0 atom stereocenters. The van der Waals surface area contributed by atoms with E-state index in [1.807, 2.05) is 23.5 Å². The second-order valence-electron chi connectivity index (χ2n) is 12.1. The van der Waals surface area contributed by atoms with Crippen LogP contribution < -0.4 is 0 Å². The van der Waals surface area contributed by atoms with Crippen LogP contribution in [0.2, 0.25) is 0 Å². The summed E-state index contributed by atoms with van der Waals surface area (Å²) < 4.78 is 2.70. The molecule has 3 heteroatoms. The third kappa shape index (κ3) is 4.10. The zero-order chi connectivity index (χ0) is 30.9. The summed E-state index contributed by atoms with van der Waals surface area (Å²) in [5.41, 5.74) is 7.98. The molecule has 0 spiro atoms. The standard InChI is InChI=1S/C44H26N2S/c1-3-11-27(12-4-1)42-43(28-13-5-2-6-14-28)46-38-26-30(21-24-37(38)45-42)29-19-22-32-31(25-29)20-23-36-40(32)33-15-7-8-16-34(33)41-35-17-9-10-18-39(35)47-44(36)41/h1-26H. The smallest absolute Gasteiger partial charge is 0.0973 e. The van der Waals surface area contributed by atoms with Crippen molar-refractivity contribution >= 4 is 74.9 Å². The van der Waals surface area contributed by atoms with Gasteiger partial charge in [0.2, 0.25) is 0 Å². The van der Waals surface area contributed by atoms with Crippen LogP contribution in [0.1, 0.15) is 0 Å². The molecular weight excluding hydrogens is 589 g/mol. The highest BCUT2D eigenvalue weighted by molar-refractivity contribution is 7.27. The maximum atomic E-state index is 5.23. The van der Waals surface area contributed by atoms with Crippen molar-refractivity contribution in [3.05, 3.63) is 158 Å². The summed E-state index contributed by atoms with van der Waals surface area (Å²) in [6.45, 7) is 0. The fraction of sp³-hybridized carbons (Fsp3) is 0. The summed E-state index contributed by atoms with van der Waals surface area (Å²) in [4.78, 5) is 10.4. The molecule has 47 heavy (non-hydrogen) atoms.